The van der Waals surface area contributed by atoms with Gasteiger partial charge in [-0.2, -0.15) is 0 Å². The van der Waals surface area contributed by atoms with Gasteiger partial charge in [-0.1, -0.05) is 0 Å². The van der Waals surface area contributed by atoms with Crippen molar-refractivity contribution in [2.45, 2.75) is 25.7 Å². The highest BCUT2D eigenvalue weighted by molar-refractivity contribution is 5.76. The molecule has 3 nitrogen and oxygen atoms in total. The lowest BCUT2D eigenvalue weighted by Gasteiger charge is -2.09. The van der Waals surface area contributed by atoms with Crippen LogP contribution in [0, 0.1) is 5.92 Å². The molecule has 1 heterocycles. The molecule has 2 N–H and O–H groups in total. The van der Waals surface area contributed by atoms with Crippen LogP contribution in [0.1, 0.15) is 25.7 Å². The topological polar surface area (TPSA) is 49.3 Å². The van der Waals surface area contributed by atoms with Crippen LogP contribution in [0.3, 0.4) is 0 Å². The van der Waals surface area contributed by atoms with Gasteiger partial charge in [-0.05, 0) is 25.2 Å². The number of rotatable bonds is 2. The average Bonchev–Trinajstić information content (AvgIpc) is 2.17. The summed E-state index contributed by atoms with van der Waals surface area (Å²) in [5, 5.41) is 11.5. The van der Waals surface area contributed by atoms with Crippen LogP contribution in [0.2, 0.25) is 0 Å². The number of hydrogen-bond donors (Lipinski definition) is 2. The minimum Gasteiger partial charge on any atom is -0.396 e. The van der Waals surface area contributed by atoms with Gasteiger partial charge in [-0.25, -0.2) is 0 Å². The second kappa shape index (κ2) is 4.34. The van der Waals surface area contributed by atoms with Gasteiger partial charge in [0.1, 0.15) is 0 Å². The molecule has 0 spiro atoms. The molecule has 3 heteroatoms. The Balaban J connectivity index is 2.28. The standard InChI is InChI=1S/C8H15NO2/c10-6-4-7-1-2-8(11)9-5-3-7/h7,10H,1-6H2,(H,9,11)/t7-/m0/s1. The van der Waals surface area contributed by atoms with Crippen molar-refractivity contribution in [2.24, 2.45) is 5.92 Å². The number of hydrogen-bond acceptors (Lipinski definition) is 2. The van der Waals surface area contributed by atoms with E-state index in [4.69, 9.17) is 5.11 Å². The monoisotopic (exact) mass is 157 g/mol. The number of amides is 1. The van der Waals surface area contributed by atoms with Crippen molar-refractivity contribution in [3.8, 4) is 0 Å². The maximum atomic E-state index is 10.9. The molecule has 0 bridgehead atoms. The van der Waals surface area contributed by atoms with Crippen molar-refractivity contribution in [3.63, 3.8) is 0 Å². The molecule has 1 aliphatic rings. The van der Waals surface area contributed by atoms with E-state index in [0.29, 0.717) is 12.3 Å². The molecule has 1 aliphatic heterocycles. The average molecular weight is 157 g/mol. The zero-order valence-corrected chi connectivity index (χ0v) is 6.68. The number of nitrogens with one attached hydrogen (secondary N) is 1. The zero-order valence-electron chi connectivity index (χ0n) is 6.68. The second-order valence-corrected chi connectivity index (χ2v) is 3.06. The summed E-state index contributed by atoms with van der Waals surface area (Å²) >= 11 is 0. The van der Waals surface area contributed by atoms with Crippen molar-refractivity contribution in [2.75, 3.05) is 13.2 Å². The van der Waals surface area contributed by atoms with Crippen molar-refractivity contribution in [3.05, 3.63) is 0 Å². The molecule has 0 aromatic rings. The lowest BCUT2D eigenvalue weighted by Crippen LogP contribution is -2.21. The molecule has 11 heavy (non-hydrogen) atoms. The summed E-state index contributed by atoms with van der Waals surface area (Å²) in [6, 6.07) is 0. The fraction of sp³-hybridized carbons (Fsp3) is 0.875. The Kier molecular flexibility index (Phi) is 3.36. The highest BCUT2D eigenvalue weighted by Crippen LogP contribution is 2.16. The van der Waals surface area contributed by atoms with Gasteiger partial charge >= 0.3 is 0 Å². The van der Waals surface area contributed by atoms with Crippen molar-refractivity contribution in [1.29, 1.82) is 0 Å². The summed E-state index contributed by atoms with van der Waals surface area (Å²) in [7, 11) is 0. The third-order valence-electron chi connectivity index (χ3n) is 2.19. The molecule has 1 atom stereocenters. The predicted octanol–water partition coefficient (Wildman–Crippen LogP) is 0.285. The molecular formula is C8H15NO2. The van der Waals surface area contributed by atoms with Crippen LogP contribution in [0.15, 0.2) is 0 Å². The number of aliphatic hydroxyl groups is 1. The molecule has 0 radical (unpaired) electrons. The molecule has 0 saturated carbocycles. The maximum absolute atomic E-state index is 10.9. The van der Waals surface area contributed by atoms with E-state index in [1.54, 1.807) is 0 Å². The number of aliphatic hydroxyl groups excluding tert-OH is 1. The first-order chi connectivity index (χ1) is 5.33. The van der Waals surface area contributed by atoms with Gasteiger partial charge < -0.3 is 10.4 Å². The third kappa shape index (κ3) is 2.89. The van der Waals surface area contributed by atoms with Gasteiger partial charge in [0.05, 0.1) is 0 Å². The van der Waals surface area contributed by atoms with Crippen LogP contribution in [-0.2, 0) is 4.79 Å². The van der Waals surface area contributed by atoms with E-state index in [-0.39, 0.29) is 12.5 Å². The maximum Gasteiger partial charge on any atom is 0.220 e. The first-order valence-electron chi connectivity index (χ1n) is 4.20. The fourth-order valence-electron chi connectivity index (χ4n) is 1.45. The van der Waals surface area contributed by atoms with Crippen molar-refractivity contribution >= 4 is 5.91 Å². The first kappa shape index (κ1) is 8.53. The zero-order chi connectivity index (χ0) is 8.10. The van der Waals surface area contributed by atoms with Gasteiger partial charge in [0.15, 0.2) is 0 Å². The fourth-order valence-corrected chi connectivity index (χ4v) is 1.45. The summed E-state index contributed by atoms with van der Waals surface area (Å²) in [4.78, 5) is 10.9. The molecule has 1 amide bonds. The minimum atomic E-state index is 0.158. The molecule has 0 aromatic carbocycles. The molecule has 64 valence electrons. The van der Waals surface area contributed by atoms with E-state index in [1.165, 1.54) is 0 Å². The number of carbonyl (C=O) groups is 1. The molecule has 1 saturated heterocycles. The SMILES string of the molecule is O=C1CC[C@H](CCO)CCN1. The van der Waals surface area contributed by atoms with Crippen LogP contribution in [-0.4, -0.2) is 24.2 Å². The molecule has 0 aliphatic carbocycles. The molecule has 0 aromatic heterocycles. The van der Waals surface area contributed by atoms with Crippen LogP contribution in [0.5, 0.6) is 0 Å². The molecule has 1 rings (SSSR count). The molecular weight excluding hydrogens is 142 g/mol. The summed E-state index contributed by atoms with van der Waals surface area (Å²) in [6.45, 7) is 1.03. The Morgan fingerprint density at radius 2 is 2.36 bits per heavy atom. The Morgan fingerprint density at radius 3 is 3.09 bits per heavy atom. The van der Waals surface area contributed by atoms with Crippen molar-refractivity contribution < 1.29 is 9.90 Å². The molecule has 1 fully saturated rings. The number of carbonyl (C=O) groups excluding carboxylic acids is 1. The third-order valence-corrected chi connectivity index (χ3v) is 2.19. The van der Waals surface area contributed by atoms with Gasteiger partial charge in [-0.3, -0.25) is 4.79 Å². The normalized spacial score (nSPS) is 25.9. The largest absolute Gasteiger partial charge is 0.396 e. The highest BCUT2D eigenvalue weighted by Gasteiger charge is 2.14. The van der Waals surface area contributed by atoms with Gasteiger partial charge in [0.25, 0.3) is 0 Å². The summed E-state index contributed by atoms with van der Waals surface area (Å²) in [5.41, 5.74) is 0. The Labute approximate surface area is 66.8 Å². The van der Waals surface area contributed by atoms with E-state index in [9.17, 15) is 4.79 Å². The Hall–Kier alpha value is -0.570. The quantitative estimate of drug-likeness (QED) is 0.605. The van der Waals surface area contributed by atoms with Gasteiger partial charge in [0, 0.05) is 19.6 Å². The Bertz CT molecular complexity index is 136. The van der Waals surface area contributed by atoms with E-state index < -0.39 is 0 Å². The van der Waals surface area contributed by atoms with Crippen molar-refractivity contribution in [1.82, 2.24) is 5.32 Å². The smallest absolute Gasteiger partial charge is 0.220 e. The van der Waals surface area contributed by atoms with Gasteiger partial charge in [-0.15, -0.1) is 0 Å². The molecule has 0 unspecified atom stereocenters. The Morgan fingerprint density at radius 1 is 1.55 bits per heavy atom. The summed E-state index contributed by atoms with van der Waals surface area (Å²) < 4.78 is 0. The minimum absolute atomic E-state index is 0.158. The predicted molar refractivity (Wildman–Crippen MR) is 42.1 cm³/mol. The lowest BCUT2D eigenvalue weighted by molar-refractivity contribution is -0.120. The highest BCUT2D eigenvalue weighted by atomic mass is 16.3. The van der Waals surface area contributed by atoms with Crippen LogP contribution < -0.4 is 5.32 Å². The van der Waals surface area contributed by atoms with E-state index in [2.05, 4.69) is 5.32 Å². The van der Waals surface area contributed by atoms with Crippen LogP contribution >= 0.6 is 0 Å². The van der Waals surface area contributed by atoms with E-state index >= 15 is 0 Å². The van der Waals surface area contributed by atoms with E-state index in [0.717, 1.165) is 25.8 Å². The van der Waals surface area contributed by atoms with E-state index in [1.807, 2.05) is 0 Å². The second-order valence-electron chi connectivity index (χ2n) is 3.06. The summed E-state index contributed by atoms with van der Waals surface area (Å²) in [6.07, 6.45) is 3.43. The van der Waals surface area contributed by atoms with Crippen LogP contribution in [0.25, 0.3) is 0 Å². The lowest BCUT2D eigenvalue weighted by atomic mass is 9.97. The van der Waals surface area contributed by atoms with Gasteiger partial charge in [0.2, 0.25) is 5.91 Å². The van der Waals surface area contributed by atoms with Crippen LogP contribution in [0.4, 0.5) is 0 Å². The first-order valence-corrected chi connectivity index (χ1v) is 4.20. The summed E-state index contributed by atoms with van der Waals surface area (Å²) in [5.74, 6) is 0.699.